The van der Waals surface area contributed by atoms with Crippen molar-refractivity contribution in [2.75, 3.05) is 13.2 Å². The first-order chi connectivity index (χ1) is 16.8. The van der Waals surface area contributed by atoms with Crippen molar-refractivity contribution in [1.82, 2.24) is 9.55 Å². The molecule has 1 heterocycles. The van der Waals surface area contributed by atoms with Gasteiger partial charge < -0.3 is 14.0 Å². The highest BCUT2D eigenvalue weighted by Crippen LogP contribution is 2.34. The Morgan fingerprint density at radius 1 is 1.09 bits per heavy atom. The maximum atomic E-state index is 13.8. The van der Waals surface area contributed by atoms with Crippen LogP contribution in [0.15, 0.2) is 54.7 Å². The molecule has 6 nitrogen and oxygen atoms in total. The number of ether oxygens (including phenoxy) is 2. The number of rotatable bonds is 11. The molecule has 9 heteroatoms. The van der Waals surface area contributed by atoms with E-state index in [1.165, 1.54) is 0 Å². The van der Waals surface area contributed by atoms with Crippen molar-refractivity contribution in [2.45, 2.75) is 45.3 Å². The molecule has 0 unspecified atom stereocenters. The number of benzene rings is 2. The summed E-state index contributed by atoms with van der Waals surface area (Å²) in [5.74, 6) is 0.415. The minimum absolute atomic E-state index is 0.0940. The molecule has 0 aliphatic heterocycles. The van der Waals surface area contributed by atoms with Gasteiger partial charge in [-0.15, -0.1) is 0 Å². The molecule has 0 bridgehead atoms. The molecule has 3 rings (SSSR count). The molecule has 0 aliphatic rings. The fourth-order valence-electron chi connectivity index (χ4n) is 3.60. The Labute approximate surface area is 201 Å². The molecule has 1 aromatic heterocycles. The van der Waals surface area contributed by atoms with Crippen molar-refractivity contribution in [3.8, 4) is 23.2 Å². The summed E-state index contributed by atoms with van der Waals surface area (Å²) in [6.45, 7) is 2.40. The van der Waals surface area contributed by atoms with E-state index in [0.717, 1.165) is 17.2 Å². The van der Waals surface area contributed by atoms with Gasteiger partial charge >= 0.3 is 12.1 Å². The molecule has 35 heavy (non-hydrogen) atoms. The average molecular weight is 486 g/mol. The Hall–Kier alpha value is -3.80. The quantitative estimate of drug-likeness (QED) is 0.246. The van der Waals surface area contributed by atoms with Crippen LogP contribution in [0, 0.1) is 11.3 Å². The second-order valence-electron chi connectivity index (χ2n) is 7.81. The second kappa shape index (κ2) is 12.1. The number of carbonyl (C=O) groups is 1. The minimum atomic E-state index is -4.59. The number of hydrogen-bond acceptors (Lipinski definition) is 5. The lowest BCUT2D eigenvalue weighted by Gasteiger charge is -2.17. The SMILES string of the molecule is CCOC(=O)CCCCCOc1ccccc1Cn1c(C(F)(F)F)cnc1-c1ccc(C#N)cc1. The van der Waals surface area contributed by atoms with Crippen molar-refractivity contribution >= 4 is 5.97 Å². The summed E-state index contributed by atoms with van der Waals surface area (Å²) < 4.78 is 53.2. The first kappa shape index (κ1) is 25.8. The average Bonchev–Trinajstić information content (AvgIpc) is 3.26. The molecule has 0 atom stereocenters. The number of nitrogens with zero attached hydrogens (tertiary/aromatic N) is 3. The van der Waals surface area contributed by atoms with Crippen molar-refractivity contribution < 1.29 is 27.4 Å². The number of hydrogen-bond donors (Lipinski definition) is 0. The van der Waals surface area contributed by atoms with Gasteiger partial charge in [0.25, 0.3) is 0 Å². The monoisotopic (exact) mass is 485 g/mol. The normalized spacial score (nSPS) is 11.2. The number of para-hydroxylation sites is 1. The predicted molar refractivity (Wildman–Crippen MR) is 124 cm³/mol. The van der Waals surface area contributed by atoms with Gasteiger partial charge in [-0.2, -0.15) is 18.4 Å². The van der Waals surface area contributed by atoms with E-state index in [2.05, 4.69) is 4.98 Å². The van der Waals surface area contributed by atoms with E-state index in [-0.39, 0.29) is 18.3 Å². The number of alkyl halides is 3. The molecule has 2 aromatic carbocycles. The van der Waals surface area contributed by atoms with E-state index in [4.69, 9.17) is 14.7 Å². The standard InChI is InChI=1S/C26H26F3N3O3/c1-2-34-24(33)10-4-3-7-15-35-22-9-6-5-8-21(22)18-32-23(26(27,28)29)17-31-25(32)20-13-11-19(16-30)12-14-20/h5-6,8-9,11-14,17H,2-4,7,10,15,18H2,1H3. The Balaban J connectivity index is 1.74. The molecule has 0 saturated heterocycles. The molecule has 3 aromatic rings. The van der Waals surface area contributed by atoms with Gasteiger partial charge in [0.15, 0.2) is 0 Å². The van der Waals surface area contributed by atoms with Crippen LogP contribution in [0.4, 0.5) is 13.2 Å². The third-order valence-corrected chi connectivity index (χ3v) is 5.31. The van der Waals surface area contributed by atoms with Crippen LogP contribution in [-0.4, -0.2) is 28.7 Å². The summed E-state index contributed by atoms with van der Waals surface area (Å²) in [6, 6.07) is 15.2. The predicted octanol–water partition coefficient (Wildman–Crippen LogP) is 5.99. The van der Waals surface area contributed by atoms with Gasteiger partial charge in [0.1, 0.15) is 17.3 Å². The first-order valence-corrected chi connectivity index (χ1v) is 11.3. The molecule has 0 amide bonds. The fourth-order valence-corrected chi connectivity index (χ4v) is 3.60. The maximum absolute atomic E-state index is 13.8. The third kappa shape index (κ3) is 7.09. The molecule has 0 aliphatic carbocycles. The van der Waals surface area contributed by atoms with Crippen LogP contribution in [0.2, 0.25) is 0 Å². The van der Waals surface area contributed by atoms with E-state index >= 15 is 0 Å². The Bertz CT molecular complexity index is 1170. The Morgan fingerprint density at radius 3 is 2.51 bits per heavy atom. The van der Waals surface area contributed by atoms with Crippen LogP contribution < -0.4 is 4.74 Å². The first-order valence-electron chi connectivity index (χ1n) is 11.3. The number of aromatic nitrogens is 2. The van der Waals surface area contributed by atoms with E-state index < -0.39 is 11.9 Å². The molecular formula is C26H26F3N3O3. The Kier molecular flexibility index (Phi) is 8.90. The lowest BCUT2D eigenvalue weighted by atomic mass is 10.1. The van der Waals surface area contributed by atoms with Gasteiger partial charge in [0.2, 0.25) is 0 Å². The van der Waals surface area contributed by atoms with E-state index in [9.17, 15) is 18.0 Å². The summed E-state index contributed by atoms with van der Waals surface area (Å²) in [5, 5.41) is 9.00. The van der Waals surface area contributed by atoms with Gasteiger partial charge in [0, 0.05) is 17.5 Å². The largest absolute Gasteiger partial charge is 0.493 e. The van der Waals surface area contributed by atoms with Crippen molar-refractivity contribution in [3.63, 3.8) is 0 Å². The number of unbranched alkanes of at least 4 members (excludes halogenated alkanes) is 2. The van der Waals surface area contributed by atoms with Crippen molar-refractivity contribution in [3.05, 3.63) is 71.5 Å². The molecule has 0 N–H and O–H groups in total. The van der Waals surface area contributed by atoms with Gasteiger partial charge in [-0.05, 0) is 56.5 Å². The van der Waals surface area contributed by atoms with Crippen LogP contribution in [0.1, 0.15) is 49.4 Å². The zero-order valence-electron chi connectivity index (χ0n) is 19.3. The molecule has 184 valence electrons. The summed E-state index contributed by atoms with van der Waals surface area (Å²) in [6.07, 6.45) is -1.27. The van der Waals surface area contributed by atoms with Gasteiger partial charge in [-0.3, -0.25) is 4.79 Å². The highest BCUT2D eigenvalue weighted by Gasteiger charge is 2.36. The lowest BCUT2D eigenvalue weighted by Crippen LogP contribution is -2.15. The molecule has 0 fully saturated rings. The number of carbonyl (C=O) groups excluding carboxylic acids is 1. The fraction of sp³-hybridized carbons (Fsp3) is 0.346. The van der Waals surface area contributed by atoms with Crippen LogP contribution in [-0.2, 0) is 22.3 Å². The van der Waals surface area contributed by atoms with Gasteiger partial charge in [0.05, 0.1) is 37.6 Å². The molecular weight excluding hydrogens is 459 g/mol. The zero-order chi connectivity index (χ0) is 25.3. The highest BCUT2D eigenvalue weighted by molar-refractivity contribution is 5.69. The van der Waals surface area contributed by atoms with Crippen LogP contribution in [0.5, 0.6) is 5.75 Å². The van der Waals surface area contributed by atoms with E-state index in [0.29, 0.717) is 54.9 Å². The summed E-state index contributed by atoms with van der Waals surface area (Å²) in [7, 11) is 0. The summed E-state index contributed by atoms with van der Waals surface area (Å²) >= 11 is 0. The Morgan fingerprint density at radius 2 is 1.83 bits per heavy atom. The van der Waals surface area contributed by atoms with Crippen molar-refractivity contribution in [2.24, 2.45) is 0 Å². The second-order valence-corrected chi connectivity index (χ2v) is 7.81. The molecule has 0 radical (unpaired) electrons. The number of imidazole rings is 1. The highest BCUT2D eigenvalue weighted by atomic mass is 19.4. The summed E-state index contributed by atoms with van der Waals surface area (Å²) in [5.41, 5.74) is 0.589. The third-order valence-electron chi connectivity index (χ3n) is 5.31. The minimum Gasteiger partial charge on any atom is -0.493 e. The van der Waals surface area contributed by atoms with Gasteiger partial charge in [-0.25, -0.2) is 4.98 Å². The van der Waals surface area contributed by atoms with Crippen LogP contribution in [0.25, 0.3) is 11.4 Å². The van der Waals surface area contributed by atoms with Gasteiger partial charge in [-0.1, -0.05) is 18.2 Å². The summed E-state index contributed by atoms with van der Waals surface area (Å²) in [4.78, 5) is 15.4. The van der Waals surface area contributed by atoms with E-state index in [1.807, 2.05) is 6.07 Å². The lowest BCUT2D eigenvalue weighted by molar-refractivity contribution is -0.144. The van der Waals surface area contributed by atoms with Crippen molar-refractivity contribution in [1.29, 1.82) is 5.26 Å². The zero-order valence-corrected chi connectivity index (χ0v) is 19.3. The molecule has 0 saturated carbocycles. The van der Waals surface area contributed by atoms with Crippen LogP contribution >= 0.6 is 0 Å². The topological polar surface area (TPSA) is 77.1 Å². The number of halogens is 3. The van der Waals surface area contributed by atoms with E-state index in [1.54, 1.807) is 55.5 Å². The number of nitriles is 1. The van der Waals surface area contributed by atoms with Crippen LogP contribution in [0.3, 0.4) is 0 Å². The maximum Gasteiger partial charge on any atom is 0.433 e. The number of esters is 1. The molecule has 0 spiro atoms. The smallest absolute Gasteiger partial charge is 0.433 e.